The molecule has 17 heavy (non-hydrogen) atoms. The average Bonchev–Trinajstić information content (AvgIpc) is 2.20. The van der Waals surface area contributed by atoms with Gasteiger partial charge in [0.15, 0.2) is 0 Å². The van der Waals surface area contributed by atoms with Crippen LogP contribution in [0.4, 0.5) is 15.8 Å². The molecule has 1 aromatic carbocycles. The number of nitrogens with one attached hydrogen (secondary N) is 1. The lowest BCUT2D eigenvalue weighted by atomic mass is 9.87. The van der Waals surface area contributed by atoms with Crippen LogP contribution in [0.3, 0.4) is 0 Å². The van der Waals surface area contributed by atoms with Crippen molar-refractivity contribution >= 4 is 27.3 Å². The molecule has 0 heterocycles. The molecule has 0 spiro atoms. The molecule has 0 atom stereocenters. The molecule has 7 heteroatoms. The first-order valence-electron chi connectivity index (χ1n) is 5.13. The first kappa shape index (κ1) is 12.3. The number of hydrogen-bond donors (Lipinski definition) is 2. The number of rotatable bonds is 3. The predicted octanol–water partition coefficient (Wildman–Crippen LogP) is 2.40. The summed E-state index contributed by atoms with van der Waals surface area (Å²) in [5.74, 6) is -0.526. The molecule has 1 fully saturated rings. The van der Waals surface area contributed by atoms with Crippen molar-refractivity contribution < 1.29 is 9.31 Å². The summed E-state index contributed by atoms with van der Waals surface area (Å²) in [6.45, 7) is 0. The molecule has 0 bridgehead atoms. The lowest BCUT2D eigenvalue weighted by molar-refractivity contribution is -0.384. The Labute approximate surface area is 105 Å². The number of hydrogen-bond acceptors (Lipinski definition) is 4. The molecular weight excluding hydrogens is 293 g/mol. The molecule has 92 valence electrons. The van der Waals surface area contributed by atoms with E-state index in [-0.39, 0.29) is 27.9 Å². The quantitative estimate of drug-likeness (QED) is 0.663. The van der Waals surface area contributed by atoms with E-state index in [1.54, 1.807) is 0 Å². The van der Waals surface area contributed by atoms with Gasteiger partial charge in [-0.3, -0.25) is 10.1 Å². The molecule has 0 radical (unpaired) electrons. The van der Waals surface area contributed by atoms with Crippen LogP contribution >= 0.6 is 15.9 Å². The van der Waals surface area contributed by atoms with E-state index >= 15 is 0 Å². The summed E-state index contributed by atoms with van der Waals surface area (Å²) in [5.41, 5.74) is 5.68. The Balaban J connectivity index is 2.25. The molecular formula is C10H11BrFN3O2. The van der Waals surface area contributed by atoms with E-state index < -0.39 is 10.7 Å². The van der Waals surface area contributed by atoms with Gasteiger partial charge in [-0.25, -0.2) is 4.39 Å². The van der Waals surface area contributed by atoms with Crippen LogP contribution in [0.5, 0.6) is 0 Å². The van der Waals surface area contributed by atoms with Crippen LogP contribution in [0.2, 0.25) is 0 Å². The van der Waals surface area contributed by atoms with Crippen molar-refractivity contribution in [1.82, 2.24) is 0 Å². The number of nitro benzene ring substituents is 1. The maximum Gasteiger partial charge on any atom is 0.293 e. The summed E-state index contributed by atoms with van der Waals surface area (Å²) < 4.78 is 13.4. The molecule has 1 saturated carbocycles. The van der Waals surface area contributed by atoms with E-state index in [4.69, 9.17) is 5.73 Å². The van der Waals surface area contributed by atoms with Crippen LogP contribution in [0.15, 0.2) is 16.6 Å². The molecule has 0 amide bonds. The fourth-order valence-corrected chi connectivity index (χ4v) is 2.13. The maximum atomic E-state index is 13.3. The highest BCUT2D eigenvalue weighted by atomic mass is 79.9. The van der Waals surface area contributed by atoms with E-state index in [9.17, 15) is 14.5 Å². The third kappa shape index (κ3) is 2.55. The van der Waals surface area contributed by atoms with Gasteiger partial charge in [-0.15, -0.1) is 0 Å². The van der Waals surface area contributed by atoms with Gasteiger partial charge in [0.25, 0.3) is 5.69 Å². The van der Waals surface area contributed by atoms with Gasteiger partial charge in [-0.1, -0.05) is 0 Å². The Hall–Kier alpha value is -1.21. The van der Waals surface area contributed by atoms with Crippen LogP contribution in [-0.4, -0.2) is 17.0 Å². The number of anilines is 1. The van der Waals surface area contributed by atoms with E-state index in [0.29, 0.717) is 0 Å². The standard InChI is InChI=1S/C10H11BrFN3O2/c11-7-3-10(15(16)17)9(4-8(7)12)14-6-1-5(13)2-6/h3-6,14H,1-2,13H2. The first-order chi connectivity index (χ1) is 7.97. The molecule has 1 aromatic rings. The molecule has 0 aliphatic heterocycles. The average molecular weight is 304 g/mol. The molecule has 0 aromatic heterocycles. The van der Waals surface area contributed by atoms with Crippen molar-refractivity contribution in [2.75, 3.05) is 5.32 Å². The van der Waals surface area contributed by atoms with Crippen LogP contribution in [0, 0.1) is 15.9 Å². The Morgan fingerprint density at radius 2 is 2.18 bits per heavy atom. The van der Waals surface area contributed by atoms with E-state index in [1.165, 1.54) is 0 Å². The summed E-state index contributed by atoms with van der Waals surface area (Å²) in [7, 11) is 0. The minimum Gasteiger partial charge on any atom is -0.377 e. The highest BCUT2D eigenvalue weighted by Gasteiger charge is 2.28. The van der Waals surface area contributed by atoms with E-state index in [0.717, 1.165) is 25.0 Å². The van der Waals surface area contributed by atoms with Gasteiger partial charge in [0, 0.05) is 24.2 Å². The molecule has 1 aliphatic carbocycles. The Morgan fingerprint density at radius 3 is 2.71 bits per heavy atom. The second kappa shape index (κ2) is 4.58. The number of nitrogens with two attached hydrogens (primary N) is 1. The minimum atomic E-state index is -0.537. The van der Waals surface area contributed by atoms with Crippen LogP contribution in [0.25, 0.3) is 0 Å². The van der Waals surface area contributed by atoms with Crippen LogP contribution in [0.1, 0.15) is 12.8 Å². The zero-order valence-electron chi connectivity index (χ0n) is 8.82. The second-order valence-corrected chi connectivity index (χ2v) is 4.97. The highest BCUT2D eigenvalue weighted by molar-refractivity contribution is 9.10. The first-order valence-corrected chi connectivity index (χ1v) is 5.92. The van der Waals surface area contributed by atoms with Crippen molar-refractivity contribution in [3.63, 3.8) is 0 Å². The third-order valence-corrected chi connectivity index (χ3v) is 3.38. The number of halogens is 2. The number of benzene rings is 1. The number of nitro groups is 1. The van der Waals surface area contributed by atoms with Crippen LogP contribution < -0.4 is 11.1 Å². The van der Waals surface area contributed by atoms with E-state index in [2.05, 4.69) is 21.2 Å². The van der Waals surface area contributed by atoms with Crippen molar-refractivity contribution in [1.29, 1.82) is 0 Å². The van der Waals surface area contributed by atoms with Crippen molar-refractivity contribution in [2.24, 2.45) is 5.73 Å². The van der Waals surface area contributed by atoms with Gasteiger partial charge in [-0.2, -0.15) is 0 Å². The van der Waals surface area contributed by atoms with Crippen molar-refractivity contribution in [3.8, 4) is 0 Å². The fraction of sp³-hybridized carbons (Fsp3) is 0.400. The molecule has 0 saturated heterocycles. The summed E-state index contributed by atoms with van der Waals surface area (Å²) in [6.07, 6.45) is 1.49. The normalized spacial score (nSPS) is 23.0. The summed E-state index contributed by atoms with van der Waals surface area (Å²) in [6, 6.07) is 2.51. The highest BCUT2D eigenvalue weighted by Crippen LogP contribution is 2.33. The Kier molecular flexibility index (Phi) is 3.30. The smallest absolute Gasteiger partial charge is 0.293 e. The lowest BCUT2D eigenvalue weighted by Crippen LogP contribution is -2.44. The van der Waals surface area contributed by atoms with Crippen molar-refractivity contribution in [3.05, 3.63) is 32.5 Å². The molecule has 1 aliphatic rings. The van der Waals surface area contributed by atoms with Gasteiger partial charge in [-0.05, 0) is 28.8 Å². The summed E-state index contributed by atoms with van der Waals surface area (Å²) in [5, 5.41) is 13.8. The minimum absolute atomic E-state index is 0.0834. The predicted molar refractivity (Wildman–Crippen MR) is 65.4 cm³/mol. The third-order valence-electron chi connectivity index (χ3n) is 2.77. The topological polar surface area (TPSA) is 81.2 Å². The van der Waals surface area contributed by atoms with Gasteiger partial charge in [0.2, 0.25) is 0 Å². The molecule has 5 nitrogen and oxygen atoms in total. The van der Waals surface area contributed by atoms with Gasteiger partial charge >= 0.3 is 0 Å². The lowest BCUT2D eigenvalue weighted by Gasteiger charge is -2.33. The molecule has 2 rings (SSSR count). The summed E-state index contributed by atoms with van der Waals surface area (Å²) >= 11 is 2.93. The van der Waals surface area contributed by atoms with E-state index in [1.807, 2.05) is 0 Å². The number of nitrogens with zero attached hydrogens (tertiary/aromatic N) is 1. The molecule has 0 unspecified atom stereocenters. The largest absolute Gasteiger partial charge is 0.377 e. The maximum absolute atomic E-state index is 13.3. The SMILES string of the molecule is NC1CC(Nc2cc(F)c(Br)cc2[N+](=O)[O-])C1. The summed E-state index contributed by atoms with van der Waals surface area (Å²) in [4.78, 5) is 10.3. The van der Waals surface area contributed by atoms with Gasteiger partial charge in [0.05, 0.1) is 9.40 Å². The zero-order chi connectivity index (χ0) is 12.6. The van der Waals surface area contributed by atoms with Gasteiger partial charge < -0.3 is 11.1 Å². The molecule has 3 N–H and O–H groups in total. The Bertz CT molecular complexity index is 463. The Morgan fingerprint density at radius 1 is 1.53 bits per heavy atom. The van der Waals surface area contributed by atoms with Gasteiger partial charge in [0.1, 0.15) is 11.5 Å². The second-order valence-electron chi connectivity index (χ2n) is 4.11. The fourth-order valence-electron chi connectivity index (χ4n) is 1.80. The van der Waals surface area contributed by atoms with Crippen molar-refractivity contribution in [2.45, 2.75) is 24.9 Å². The van der Waals surface area contributed by atoms with Crippen LogP contribution in [-0.2, 0) is 0 Å². The zero-order valence-corrected chi connectivity index (χ0v) is 10.4. The monoisotopic (exact) mass is 303 g/mol.